The van der Waals surface area contributed by atoms with Crippen LogP contribution in [0.5, 0.6) is 0 Å². The molecule has 0 amide bonds. The largest absolute Gasteiger partial charge is 0.416 e. The smallest absolute Gasteiger partial charge is 0.385 e. The summed E-state index contributed by atoms with van der Waals surface area (Å²) >= 11 is 1.31. The van der Waals surface area contributed by atoms with E-state index in [-0.39, 0.29) is 4.90 Å². The van der Waals surface area contributed by atoms with E-state index in [1.165, 1.54) is 35.6 Å². The average molecular weight is 625 g/mol. The molecule has 0 aliphatic heterocycles. The summed E-state index contributed by atoms with van der Waals surface area (Å²) in [6.07, 6.45) is -2.77. The highest BCUT2D eigenvalue weighted by Gasteiger charge is 2.30. The van der Waals surface area contributed by atoms with E-state index in [9.17, 15) is 26.7 Å². The molecule has 5 rings (SSSR count). The molecule has 1 atom stereocenters. The van der Waals surface area contributed by atoms with E-state index in [2.05, 4.69) is 20.0 Å². The van der Waals surface area contributed by atoms with E-state index in [0.717, 1.165) is 17.7 Å². The second-order valence-electron chi connectivity index (χ2n) is 9.66. The molecule has 0 saturated heterocycles. The summed E-state index contributed by atoms with van der Waals surface area (Å²) in [6, 6.07) is 23.5. The lowest BCUT2D eigenvalue weighted by molar-refractivity contribution is -0.137. The Bertz CT molecular complexity index is 1740. The van der Waals surface area contributed by atoms with Crippen molar-refractivity contribution in [3.63, 3.8) is 0 Å². The lowest BCUT2D eigenvalue weighted by Gasteiger charge is -2.12. The number of thiazole rings is 1. The van der Waals surface area contributed by atoms with Crippen LogP contribution in [0.1, 0.15) is 22.9 Å². The normalized spacial score (nSPS) is 12.7. The van der Waals surface area contributed by atoms with Gasteiger partial charge in [0.25, 0.3) is 10.0 Å². The van der Waals surface area contributed by atoms with Crippen LogP contribution >= 0.6 is 11.3 Å². The van der Waals surface area contributed by atoms with Crippen LogP contribution in [0.2, 0.25) is 0 Å². The van der Waals surface area contributed by atoms with Crippen LogP contribution in [-0.4, -0.2) is 36.6 Å². The highest BCUT2D eigenvalue weighted by Crippen LogP contribution is 2.33. The zero-order valence-corrected chi connectivity index (χ0v) is 24.3. The van der Waals surface area contributed by atoms with Gasteiger partial charge in [-0.15, -0.1) is 11.3 Å². The molecule has 0 saturated carbocycles. The minimum atomic E-state index is -4.41. The summed E-state index contributed by atoms with van der Waals surface area (Å²) in [7, 11) is -3.84. The number of nitrogens with one attached hydrogen (secondary N) is 2. The Morgan fingerprint density at radius 2 is 1.58 bits per heavy atom. The maximum Gasteiger partial charge on any atom is 0.416 e. The maximum absolute atomic E-state index is 13.0. The van der Waals surface area contributed by atoms with Gasteiger partial charge in [0, 0.05) is 34.9 Å². The molecule has 7 nitrogen and oxygen atoms in total. The van der Waals surface area contributed by atoms with Gasteiger partial charge in [0.2, 0.25) is 0 Å². The average Bonchev–Trinajstić information content (AvgIpc) is 3.51. The molecule has 43 heavy (non-hydrogen) atoms. The molecule has 0 bridgehead atoms. The van der Waals surface area contributed by atoms with Crippen molar-refractivity contribution in [2.75, 3.05) is 17.8 Å². The van der Waals surface area contributed by atoms with Crippen LogP contribution in [0, 0.1) is 0 Å². The summed E-state index contributed by atoms with van der Waals surface area (Å²) in [5.41, 5.74) is 3.09. The number of aliphatic hydroxyl groups is 1. The summed E-state index contributed by atoms with van der Waals surface area (Å²) in [5.74, 6) is 0. The zero-order valence-electron chi connectivity index (χ0n) is 22.6. The maximum atomic E-state index is 13.0. The van der Waals surface area contributed by atoms with Gasteiger partial charge in [-0.25, -0.2) is 13.4 Å². The Labute approximate surface area is 251 Å². The fourth-order valence-electron chi connectivity index (χ4n) is 4.25. The van der Waals surface area contributed by atoms with E-state index in [1.54, 1.807) is 48.0 Å². The SMILES string of the molecule is O=S(=O)(Nc1ccc(CCNCC(O)c2ccccn2)cc1)c1ccc(-c2nc(-c3ccc(C(F)(F)F)cc3)cs2)cc1. The van der Waals surface area contributed by atoms with Crippen molar-refractivity contribution in [2.24, 2.45) is 0 Å². The molecule has 12 heteroatoms. The van der Waals surface area contributed by atoms with Crippen LogP contribution in [-0.2, 0) is 22.6 Å². The van der Waals surface area contributed by atoms with E-state index in [1.807, 2.05) is 18.2 Å². The van der Waals surface area contributed by atoms with E-state index >= 15 is 0 Å². The molecule has 5 aromatic rings. The Balaban J connectivity index is 1.15. The quantitative estimate of drug-likeness (QED) is 0.144. The van der Waals surface area contributed by atoms with Gasteiger partial charge in [0.1, 0.15) is 11.1 Å². The van der Waals surface area contributed by atoms with Gasteiger partial charge < -0.3 is 10.4 Å². The van der Waals surface area contributed by atoms with Crippen LogP contribution in [0.15, 0.2) is 107 Å². The molecule has 0 aliphatic carbocycles. The standard InChI is InChI=1S/C31H27F3N4O3S2/c32-31(33,34)24-10-6-22(7-11-24)28-20-42-30(37-28)23-8-14-26(15-9-23)43(40,41)38-25-12-4-21(5-13-25)16-18-35-19-29(39)27-3-1-2-17-36-27/h1-15,17,20,29,35,38-39H,16,18-19H2. The lowest BCUT2D eigenvalue weighted by Crippen LogP contribution is -2.24. The Hall–Kier alpha value is -4.10. The number of hydrogen-bond acceptors (Lipinski definition) is 7. The molecule has 0 spiro atoms. The monoisotopic (exact) mass is 624 g/mol. The number of benzene rings is 3. The minimum absolute atomic E-state index is 0.0792. The van der Waals surface area contributed by atoms with Gasteiger partial charge in [-0.3, -0.25) is 9.71 Å². The third-order valence-electron chi connectivity index (χ3n) is 6.59. The van der Waals surface area contributed by atoms with Gasteiger partial charge in [0.15, 0.2) is 0 Å². The zero-order chi connectivity index (χ0) is 30.5. The Morgan fingerprint density at radius 3 is 2.23 bits per heavy atom. The number of nitrogens with zero attached hydrogens (tertiary/aromatic N) is 2. The molecule has 0 radical (unpaired) electrons. The Morgan fingerprint density at radius 1 is 0.884 bits per heavy atom. The third-order valence-corrected chi connectivity index (χ3v) is 8.88. The molecule has 0 fully saturated rings. The molecule has 2 aromatic heterocycles. The number of anilines is 1. The van der Waals surface area contributed by atoms with Gasteiger partial charge in [-0.05, 0) is 67.1 Å². The molecule has 3 N–H and O–H groups in total. The molecule has 1 unspecified atom stereocenters. The van der Waals surface area contributed by atoms with Gasteiger partial charge >= 0.3 is 6.18 Å². The van der Waals surface area contributed by atoms with Crippen molar-refractivity contribution in [2.45, 2.75) is 23.6 Å². The van der Waals surface area contributed by atoms with E-state index in [0.29, 0.717) is 52.7 Å². The van der Waals surface area contributed by atoms with Gasteiger partial charge in [0.05, 0.1) is 21.8 Å². The molecular formula is C31H27F3N4O3S2. The van der Waals surface area contributed by atoms with E-state index in [4.69, 9.17) is 0 Å². The number of rotatable bonds is 11. The summed E-state index contributed by atoms with van der Waals surface area (Å²) in [4.78, 5) is 8.73. The van der Waals surface area contributed by atoms with Crippen molar-refractivity contribution in [1.29, 1.82) is 0 Å². The first kappa shape index (κ1) is 30.4. The second-order valence-corrected chi connectivity index (χ2v) is 12.2. The highest BCUT2D eigenvalue weighted by atomic mass is 32.2. The summed E-state index contributed by atoms with van der Waals surface area (Å²) in [6.45, 7) is 1.00. The van der Waals surface area contributed by atoms with Crippen molar-refractivity contribution in [1.82, 2.24) is 15.3 Å². The van der Waals surface area contributed by atoms with E-state index < -0.39 is 27.9 Å². The number of sulfonamides is 1. The van der Waals surface area contributed by atoms with Gasteiger partial charge in [-0.2, -0.15) is 13.2 Å². The summed E-state index contributed by atoms with van der Waals surface area (Å²) in [5, 5.41) is 15.7. The summed E-state index contributed by atoms with van der Waals surface area (Å²) < 4.78 is 67.1. The second kappa shape index (κ2) is 13.0. The number of pyridine rings is 1. The lowest BCUT2D eigenvalue weighted by atomic mass is 10.1. The van der Waals surface area contributed by atoms with Crippen molar-refractivity contribution >= 4 is 27.0 Å². The van der Waals surface area contributed by atoms with Crippen molar-refractivity contribution in [3.05, 3.63) is 119 Å². The fraction of sp³-hybridized carbons (Fsp3) is 0.161. The number of aromatic nitrogens is 2. The molecule has 222 valence electrons. The third kappa shape index (κ3) is 7.85. The first-order chi connectivity index (χ1) is 20.6. The first-order valence-electron chi connectivity index (χ1n) is 13.2. The first-order valence-corrected chi connectivity index (χ1v) is 15.6. The van der Waals surface area contributed by atoms with Crippen molar-refractivity contribution in [3.8, 4) is 21.8 Å². The number of hydrogen-bond donors (Lipinski definition) is 3. The number of halogens is 3. The van der Waals surface area contributed by atoms with Crippen LogP contribution in [0.4, 0.5) is 18.9 Å². The molecular weight excluding hydrogens is 597 g/mol. The number of alkyl halides is 3. The topological polar surface area (TPSA) is 104 Å². The van der Waals surface area contributed by atoms with Crippen molar-refractivity contribution < 1.29 is 26.7 Å². The predicted octanol–water partition coefficient (Wildman–Crippen LogP) is 6.56. The van der Waals surface area contributed by atoms with Crippen LogP contribution in [0.25, 0.3) is 21.8 Å². The number of aliphatic hydroxyl groups excluding tert-OH is 1. The van der Waals surface area contributed by atoms with Crippen LogP contribution < -0.4 is 10.0 Å². The molecule has 3 aromatic carbocycles. The van der Waals surface area contributed by atoms with Crippen LogP contribution in [0.3, 0.4) is 0 Å². The highest BCUT2D eigenvalue weighted by molar-refractivity contribution is 7.92. The molecule has 0 aliphatic rings. The molecule has 2 heterocycles. The predicted molar refractivity (Wildman–Crippen MR) is 161 cm³/mol. The minimum Gasteiger partial charge on any atom is -0.385 e. The Kier molecular flexibility index (Phi) is 9.21. The van der Waals surface area contributed by atoms with Gasteiger partial charge in [-0.1, -0.05) is 42.5 Å². The fourth-order valence-corrected chi connectivity index (χ4v) is 6.14.